The van der Waals surface area contributed by atoms with Crippen LogP contribution in [0.25, 0.3) is 22.5 Å². The fraction of sp³-hybridized carbons (Fsp3) is 0.158. The van der Waals surface area contributed by atoms with Gasteiger partial charge < -0.3 is 9.84 Å². The molecule has 0 bridgehead atoms. The molecule has 4 rings (SSSR count). The molecule has 0 atom stereocenters. The van der Waals surface area contributed by atoms with Crippen LogP contribution in [0, 0.1) is 18.6 Å². The molecular weight excluding hydrogens is 388 g/mol. The molecule has 1 aromatic carbocycles. The van der Waals surface area contributed by atoms with Crippen LogP contribution in [0.1, 0.15) is 18.4 Å². The number of hydrogen-bond acceptors (Lipinski definition) is 6. The maximum absolute atomic E-state index is 14.2. The van der Waals surface area contributed by atoms with Crippen molar-refractivity contribution in [2.24, 2.45) is 0 Å². The average Bonchev–Trinajstić information content (AvgIpc) is 3.12. The topological polar surface area (TPSA) is 76.7 Å². The fourth-order valence-corrected chi connectivity index (χ4v) is 2.70. The van der Waals surface area contributed by atoms with Crippen molar-refractivity contribution in [3.8, 4) is 11.5 Å². The van der Waals surface area contributed by atoms with E-state index >= 15 is 0 Å². The normalized spacial score (nSPS) is 10.7. The van der Waals surface area contributed by atoms with Crippen molar-refractivity contribution < 1.29 is 13.3 Å². The van der Waals surface area contributed by atoms with Crippen molar-refractivity contribution in [1.29, 1.82) is 0 Å². The molecule has 1 N–H and O–H groups in total. The average molecular weight is 404 g/mol. The van der Waals surface area contributed by atoms with Gasteiger partial charge in [0.2, 0.25) is 0 Å². The largest absolute Gasteiger partial charge is 0.352 e. The molecule has 0 aliphatic heterocycles. The molecule has 4 aromatic rings. The fourth-order valence-electron chi connectivity index (χ4n) is 2.70. The molecule has 9 heteroatoms. The van der Waals surface area contributed by atoms with Gasteiger partial charge in [-0.25, -0.2) is 18.7 Å². The number of fused-ring (bicyclic) bond motifs is 1. The summed E-state index contributed by atoms with van der Waals surface area (Å²) < 4.78 is 32.8. The number of anilines is 2. The number of hydrogen-bond donors (Lipinski definition) is 1. The second-order valence-electron chi connectivity index (χ2n) is 5.99. The molecule has 144 valence electrons. The van der Waals surface area contributed by atoms with Crippen molar-refractivity contribution in [3.63, 3.8) is 0 Å². The summed E-state index contributed by atoms with van der Waals surface area (Å²) in [4.78, 5) is 13.1. The molecule has 0 spiro atoms. The minimum atomic E-state index is -0.717. The molecule has 0 aliphatic carbocycles. The van der Waals surface area contributed by atoms with E-state index in [4.69, 9.17) is 4.52 Å². The highest BCUT2D eigenvalue weighted by molar-refractivity contribution is 5.98. The van der Waals surface area contributed by atoms with Crippen molar-refractivity contribution in [1.82, 2.24) is 20.1 Å². The predicted molar refractivity (Wildman–Crippen MR) is 104 cm³/mol. The monoisotopic (exact) mass is 403 g/mol. The number of benzene rings is 1. The van der Waals surface area contributed by atoms with Crippen LogP contribution in [0.3, 0.4) is 0 Å². The SMILES string of the molecule is CCc1noc(-c2cnc3nc(C)ccc3c2Nc2ccc(F)cc2F)n1.Cl. The first-order valence-corrected chi connectivity index (χ1v) is 8.36. The van der Waals surface area contributed by atoms with Gasteiger partial charge in [0.15, 0.2) is 11.5 Å². The van der Waals surface area contributed by atoms with Gasteiger partial charge in [-0.05, 0) is 31.2 Å². The minimum Gasteiger partial charge on any atom is -0.352 e. The number of rotatable bonds is 4. The van der Waals surface area contributed by atoms with Gasteiger partial charge in [0.1, 0.15) is 11.6 Å². The zero-order valence-electron chi connectivity index (χ0n) is 15.0. The van der Waals surface area contributed by atoms with Gasteiger partial charge in [-0.3, -0.25) is 0 Å². The zero-order valence-corrected chi connectivity index (χ0v) is 15.8. The van der Waals surface area contributed by atoms with Crippen LogP contribution in [0.15, 0.2) is 41.1 Å². The molecular formula is C19H16ClF2N5O. The summed E-state index contributed by atoms with van der Waals surface area (Å²) in [5.41, 5.74) is 2.40. The predicted octanol–water partition coefficient (Wildman–Crippen LogP) is 4.99. The third kappa shape index (κ3) is 3.63. The molecule has 0 aliphatic rings. The van der Waals surface area contributed by atoms with Crippen LogP contribution >= 0.6 is 12.4 Å². The number of nitrogens with one attached hydrogen (secondary N) is 1. The Kier molecular flexibility index (Phi) is 5.51. The maximum atomic E-state index is 14.2. The number of pyridine rings is 2. The first-order chi connectivity index (χ1) is 13.0. The highest BCUT2D eigenvalue weighted by Gasteiger charge is 2.18. The Balaban J connectivity index is 0.00000225. The summed E-state index contributed by atoms with van der Waals surface area (Å²) in [5, 5.41) is 7.56. The molecule has 0 unspecified atom stereocenters. The molecule has 0 fully saturated rings. The van der Waals surface area contributed by atoms with Gasteiger partial charge in [0.25, 0.3) is 5.89 Å². The lowest BCUT2D eigenvalue weighted by Gasteiger charge is -2.13. The van der Waals surface area contributed by atoms with Crippen LogP contribution in [-0.2, 0) is 6.42 Å². The van der Waals surface area contributed by atoms with E-state index < -0.39 is 11.6 Å². The highest BCUT2D eigenvalue weighted by atomic mass is 35.5. The third-order valence-electron chi connectivity index (χ3n) is 4.07. The Morgan fingerprint density at radius 3 is 2.64 bits per heavy atom. The molecule has 0 saturated heterocycles. The molecule has 0 amide bonds. The Labute approximate surface area is 165 Å². The first kappa shape index (κ1) is 19.6. The molecule has 3 aromatic heterocycles. The Morgan fingerprint density at radius 1 is 1.11 bits per heavy atom. The van der Waals surface area contributed by atoms with Crippen molar-refractivity contribution >= 4 is 34.8 Å². The Hall–Kier alpha value is -3.13. The lowest BCUT2D eigenvalue weighted by Crippen LogP contribution is -2.00. The third-order valence-corrected chi connectivity index (χ3v) is 4.07. The van der Waals surface area contributed by atoms with Gasteiger partial charge in [-0.2, -0.15) is 4.98 Å². The second-order valence-corrected chi connectivity index (χ2v) is 5.99. The van der Waals surface area contributed by atoms with E-state index in [-0.39, 0.29) is 24.0 Å². The number of aromatic nitrogens is 4. The van der Waals surface area contributed by atoms with Crippen LogP contribution in [0.5, 0.6) is 0 Å². The van der Waals surface area contributed by atoms with E-state index in [0.29, 0.717) is 34.5 Å². The first-order valence-electron chi connectivity index (χ1n) is 8.36. The van der Waals surface area contributed by atoms with Gasteiger partial charge in [0, 0.05) is 29.8 Å². The Morgan fingerprint density at radius 2 is 1.93 bits per heavy atom. The van der Waals surface area contributed by atoms with Crippen molar-refractivity contribution in [2.75, 3.05) is 5.32 Å². The van der Waals surface area contributed by atoms with Gasteiger partial charge >= 0.3 is 0 Å². The highest BCUT2D eigenvalue weighted by Crippen LogP contribution is 2.35. The zero-order chi connectivity index (χ0) is 19.0. The second kappa shape index (κ2) is 7.85. The summed E-state index contributed by atoms with van der Waals surface area (Å²) in [6.07, 6.45) is 2.16. The summed E-state index contributed by atoms with van der Waals surface area (Å²) in [7, 11) is 0. The van der Waals surface area contributed by atoms with Crippen molar-refractivity contribution in [3.05, 3.63) is 59.7 Å². The number of aryl methyl sites for hydroxylation is 2. The van der Waals surface area contributed by atoms with Gasteiger partial charge in [0.05, 0.1) is 16.9 Å². The number of nitrogens with zero attached hydrogens (tertiary/aromatic N) is 4. The molecule has 6 nitrogen and oxygen atoms in total. The van der Waals surface area contributed by atoms with E-state index in [0.717, 1.165) is 11.8 Å². The summed E-state index contributed by atoms with van der Waals surface area (Å²) >= 11 is 0. The van der Waals surface area contributed by atoms with E-state index in [9.17, 15) is 8.78 Å². The van der Waals surface area contributed by atoms with Crippen LogP contribution in [-0.4, -0.2) is 20.1 Å². The maximum Gasteiger partial charge on any atom is 0.261 e. The minimum absolute atomic E-state index is 0. The lowest BCUT2D eigenvalue weighted by atomic mass is 10.1. The van der Waals surface area contributed by atoms with E-state index in [1.165, 1.54) is 12.1 Å². The summed E-state index contributed by atoms with van der Waals surface area (Å²) in [6.45, 7) is 3.76. The lowest BCUT2D eigenvalue weighted by molar-refractivity contribution is 0.423. The molecule has 0 saturated carbocycles. The van der Waals surface area contributed by atoms with Crippen LogP contribution < -0.4 is 5.32 Å². The summed E-state index contributed by atoms with van der Waals surface area (Å²) in [6, 6.07) is 6.97. The number of halogens is 3. The summed E-state index contributed by atoms with van der Waals surface area (Å²) in [5.74, 6) is -0.566. The quantitative estimate of drug-likeness (QED) is 0.517. The Bertz CT molecular complexity index is 1150. The van der Waals surface area contributed by atoms with Crippen molar-refractivity contribution in [2.45, 2.75) is 20.3 Å². The van der Waals surface area contributed by atoms with E-state index in [2.05, 4.69) is 25.4 Å². The molecule has 3 heterocycles. The van der Waals surface area contributed by atoms with E-state index in [1.807, 2.05) is 26.0 Å². The molecule has 0 radical (unpaired) electrons. The van der Waals surface area contributed by atoms with Crippen LogP contribution in [0.4, 0.5) is 20.2 Å². The van der Waals surface area contributed by atoms with Gasteiger partial charge in [-0.15, -0.1) is 12.4 Å². The molecule has 28 heavy (non-hydrogen) atoms. The smallest absolute Gasteiger partial charge is 0.261 e. The van der Waals surface area contributed by atoms with E-state index in [1.54, 1.807) is 6.20 Å². The van der Waals surface area contributed by atoms with Crippen LogP contribution in [0.2, 0.25) is 0 Å². The standard InChI is InChI=1S/C19H15F2N5O.ClH/c1-3-16-25-19(27-26-16)13-9-22-18-12(6-4-10(2)23-18)17(13)24-15-7-5-11(20)8-14(15)21;/h4-9H,3H2,1-2H3,(H,22,23,24);1H. The van der Waals surface area contributed by atoms with Gasteiger partial charge in [-0.1, -0.05) is 12.1 Å².